The van der Waals surface area contributed by atoms with Crippen molar-refractivity contribution >= 4 is 51.4 Å². The van der Waals surface area contributed by atoms with Crippen molar-refractivity contribution in [3.05, 3.63) is 235 Å². The highest BCUT2D eigenvalue weighted by Gasteiger charge is 2.25. The van der Waals surface area contributed by atoms with Crippen LogP contribution in [0.4, 0.5) is 28.4 Å². The van der Waals surface area contributed by atoms with Crippen LogP contribution in [0.15, 0.2) is 224 Å². The van der Waals surface area contributed by atoms with E-state index >= 15 is 0 Å². The first-order valence-electron chi connectivity index (χ1n) is 20.5. The monoisotopic (exact) mass is 756 g/mol. The lowest BCUT2D eigenvalue weighted by molar-refractivity contribution is 0.661. The van der Waals surface area contributed by atoms with Gasteiger partial charge < -0.3 is 9.80 Å². The molecule has 1 aliphatic rings. The summed E-state index contributed by atoms with van der Waals surface area (Å²) in [5, 5.41) is 5.07. The molecule has 282 valence electrons. The van der Waals surface area contributed by atoms with E-state index in [-0.39, 0.29) is 6.04 Å². The Morgan fingerprint density at radius 1 is 0.305 bits per heavy atom. The van der Waals surface area contributed by atoms with Crippen molar-refractivity contribution in [3.8, 4) is 33.4 Å². The van der Waals surface area contributed by atoms with Crippen molar-refractivity contribution in [2.24, 2.45) is 5.92 Å². The SMILES string of the molecule is CC1C=c2ccccc2=CC1N(c1ccccc1)c1ccc(-c2ccc(-c3ccc(-c4ccc(N(c5ccccc5)c5ccc6ccccc6c5)cc4)cc3)cc2)cc1. The third-order valence-electron chi connectivity index (χ3n) is 11.7. The van der Waals surface area contributed by atoms with E-state index in [2.05, 4.69) is 253 Å². The van der Waals surface area contributed by atoms with Crippen LogP contribution < -0.4 is 20.2 Å². The van der Waals surface area contributed by atoms with Crippen LogP contribution >= 0.6 is 0 Å². The zero-order chi connectivity index (χ0) is 39.5. The Morgan fingerprint density at radius 2 is 0.678 bits per heavy atom. The second-order valence-electron chi connectivity index (χ2n) is 15.5. The fourth-order valence-electron chi connectivity index (χ4n) is 8.59. The maximum absolute atomic E-state index is 2.48. The molecular weight excluding hydrogens is 713 g/mol. The van der Waals surface area contributed by atoms with E-state index < -0.39 is 0 Å². The Kier molecular flexibility index (Phi) is 9.66. The van der Waals surface area contributed by atoms with Crippen LogP contribution in [0.3, 0.4) is 0 Å². The van der Waals surface area contributed by atoms with Crippen molar-refractivity contribution in [2.45, 2.75) is 13.0 Å². The molecule has 2 atom stereocenters. The number of para-hydroxylation sites is 2. The van der Waals surface area contributed by atoms with Gasteiger partial charge in [-0.05, 0) is 121 Å². The molecule has 0 aliphatic heterocycles. The molecule has 2 unspecified atom stereocenters. The van der Waals surface area contributed by atoms with Crippen LogP contribution in [0.25, 0.3) is 56.3 Å². The summed E-state index contributed by atoms with van der Waals surface area (Å²) in [5.41, 5.74) is 13.0. The van der Waals surface area contributed by atoms with E-state index in [4.69, 9.17) is 0 Å². The van der Waals surface area contributed by atoms with Gasteiger partial charge in [-0.1, -0.05) is 183 Å². The van der Waals surface area contributed by atoms with Gasteiger partial charge in [-0.25, -0.2) is 0 Å². The molecule has 0 spiro atoms. The number of hydrogen-bond acceptors (Lipinski definition) is 2. The summed E-state index contributed by atoms with van der Waals surface area (Å²) in [4.78, 5) is 4.80. The lowest BCUT2D eigenvalue weighted by Crippen LogP contribution is -2.42. The third kappa shape index (κ3) is 7.33. The number of hydrogen-bond donors (Lipinski definition) is 0. The topological polar surface area (TPSA) is 6.48 Å². The maximum Gasteiger partial charge on any atom is 0.0591 e. The quantitative estimate of drug-likeness (QED) is 0.145. The summed E-state index contributed by atoms with van der Waals surface area (Å²) in [5.74, 6) is 0.351. The molecule has 0 amide bonds. The van der Waals surface area contributed by atoms with Gasteiger partial charge >= 0.3 is 0 Å². The lowest BCUT2D eigenvalue weighted by atomic mass is 9.91. The predicted octanol–water partition coefficient (Wildman–Crippen LogP) is 13.7. The number of nitrogens with zero attached hydrogens (tertiary/aromatic N) is 2. The van der Waals surface area contributed by atoms with Crippen LogP contribution in [-0.2, 0) is 0 Å². The first kappa shape index (κ1) is 36.0. The molecule has 9 aromatic carbocycles. The second-order valence-corrected chi connectivity index (χ2v) is 15.5. The minimum absolute atomic E-state index is 0.203. The Balaban J connectivity index is 0.866. The average Bonchev–Trinajstić information content (AvgIpc) is 3.31. The van der Waals surface area contributed by atoms with Crippen molar-refractivity contribution in [2.75, 3.05) is 9.80 Å². The molecule has 0 heterocycles. The summed E-state index contributed by atoms with van der Waals surface area (Å²) in [6.07, 6.45) is 4.83. The molecule has 1 aliphatic carbocycles. The van der Waals surface area contributed by atoms with E-state index in [0.29, 0.717) is 5.92 Å². The van der Waals surface area contributed by atoms with Crippen LogP contribution in [0.5, 0.6) is 0 Å². The molecule has 0 bridgehead atoms. The largest absolute Gasteiger partial charge is 0.334 e. The van der Waals surface area contributed by atoms with Crippen molar-refractivity contribution < 1.29 is 0 Å². The minimum Gasteiger partial charge on any atom is -0.334 e. The summed E-state index contributed by atoms with van der Waals surface area (Å²) in [6.45, 7) is 2.32. The van der Waals surface area contributed by atoms with Gasteiger partial charge in [-0.15, -0.1) is 0 Å². The molecular formula is C57H44N2. The van der Waals surface area contributed by atoms with Crippen LogP contribution in [0, 0.1) is 5.92 Å². The molecule has 0 aromatic heterocycles. The Labute approximate surface area is 346 Å². The number of fused-ring (bicyclic) bond motifs is 2. The highest BCUT2D eigenvalue weighted by Crippen LogP contribution is 2.38. The standard InChI is InChI=1S/C57H44N2/c1-41-38-49-13-10-11-15-51(49)40-57(41)59(53-18-6-3-7-19-53)55-35-30-48(31-36-55)46-26-22-44(23-27-46)43-20-24-45(25-21-43)47-28-33-54(34-29-47)58(52-16-4-2-5-17-52)56-37-32-42-12-8-9-14-50(42)39-56/h2-41,57H,1H3. The van der Waals surface area contributed by atoms with Gasteiger partial charge in [0.1, 0.15) is 0 Å². The molecule has 2 heteroatoms. The third-order valence-corrected chi connectivity index (χ3v) is 11.7. The normalized spacial score (nSPS) is 14.5. The molecule has 2 nitrogen and oxygen atoms in total. The number of rotatable bonds is 9. The molecule has 10 rings (SSSR count). The summed E-state index contributed by atoms with van der Waals surface area (Å²) < 4.78 is 0. The van der Waals surface area contributed by atoms with Gasteiger partial charge in [0.25, 0.3) is 0 Å². The summed E-state index contributed by atoms with van der Waals surface area (Å²) in [6, 6.07) is 81.3. The van der Waals surface area contributed by atoms with Gasteiger partial charge in [-0.2, -0.15) is 0 Å². The Hall–Kier alpha value is -7.42. The fourth-order valence-corrected chi connectivity index (χ4v) is 8.59. The first-order valence-corrected chi connectivity index (χ1v) is 20.5. The zero-order valence-corrected chi connectivity index (χ0v) is 33.1. The molecule has 0 radical (unpaired) electrons. The van der Waals surface area contributed by atoms with Crippen molar-refractivity contribution in [1.29, 1.82) is 0 Å². The fraction of sp³-hybridized carbons (Fsp3) is 0.0526. The minimum atomic E-state index is 0.203. The van der Waals surface area contributed by atoms with Crippen molar-refractivity contribution in [1.82, 2.24) is 0 Å². The van der Waals surface area contributed by atoms with Gasteiger partial charge in [0.2, 0.25) is 0 Å². The molecule has 0 saturated heterocycles. The Morgan fingerprint density at radius 3 is 1.22 bits per heavy atom. The summed E-state index contributed by atoms with van der Waals surface area (Å²) in [7, 11) is 0. The average molecular weight is 757 g/mol. The first-order chi connectivity index (χ1) is 29.1. The van der Waals surface area contributed by atoms with E-state index in [1.54, 1.807) is 0 Å². The second kappa shape index (κ2) is 15.8. The van der Waals surface area contributed by atoms with Gasteiger partial charge in [0, 0.05) is 28.4 Å². The van der Waals surface area contributed by atoms with Crippen molar-refractivity contribution in [3.63, 3.8) is 0 Å². The highest BCUT2D eigenvalue weighted by molar-refractivity contribution is 5.89. The van der Waals surface area contributed by atoms with Gasteiger partial charge in [0.05, 0.1) is 6.04 Å². The molecule has 9 aromatic rings. The number of benzene rings is 9. The summed E-state index contributed by atoms with van der Waals surface area (Å²) >= 11 is 0. The lowest BCUT2D eigenvalue weighted by Gasteiger charge is -2.36. The molecule has 0 saturated carbocycles. The van der Waals surface area contributed by atoms with E-state index in [1.807, 2.05) is 0 Å². The van der Waals surface area contributed by atoms with E-state index in [1.165, 1.54) is 66.0 Å². The van der Waals surface area contributed by atoms with Gasteiger partial charge in [0.15, 0.2) is 0 Å². The Bertz CT molecular complexity index is 2970. The smallest absolute Gasteiger partial charge is 0.0591 e. The highest BCUT2D eigenvalue weighted by atomic mass is 15.2. The zero-order valence-electron chi connectivity index (χ0n) is 33.1. The molecule has 0 fully saturated rings. The van der Waals surface area contributed by atoms with Crippen LogP contribution in [-0.4, -0.2) is 6.04 Å². The number of anilines is 5. The van der Waals surface area contributed by atoms with Crippen LogP contribution in [0.1, 0.15) is 6.92 Å². The predicted molar refractivity (Wildman–Crippen MR) is 251 cm³/mol. The molecule has 0 N–H and O–H groups in total. The van der Waals surface area contributed by atoms with Gasteiger partial charge in [-0.3, -0.25) is 0 Å². The van der Waals surface area contributed by atoms with Crippen LogP contribution in [0.2, 0.25) is 0 Å². The van der Waals surface area contributed by atoms with E-state index in [0.717, 1.165) is 17.1 Å². The molecule has 59 heavy (non-hydrogen) atoms. The maximum atomic E-state index is 2.48. The van der Waals surface area contributed by atoms with E-state index in [9.17, 15) is 0 Å².